The zero-order chi connectivity index (χ0) is 26.4. The quantitative estimate of drug-likeness (QED) is 0.261. The number of aromatic amines is 1. The van der Waals surface area contributed by atoms with E-state index < -0.39 is 11.2 Å². The molecule has 0 saturated carbocycles. The number of nitrogens with zero attached hydrogens (tertiary/aromatic N) is 3. The molecule has 5 aromatic rings. The minimum Gasteiger partial charge on any atom is -0.507 e. The molecule has 0 atom stereocenters. The first-order valence-electron chi connectivity index (χ1n) is 11.2. The molecule has 2 aromatic carbocycles. The molecule has 190 valence electrons. The fourth-order valence-electron chi connectivity index (χ4n) is 4.18. The van der Waals surface area contributed by atoms with Crippen molar-refractivity contribution >= 4 is 68.2 Å². The number of nitrogens with one attached hydrogen (secondary N) is 1. The third-order valence-electron chi connectivity index (χ3n) is 5.96. The van der Waals surface area contributed by atoms with Gasteiger partial charge in [0.25, 0.3) is 0 Å². The molecule has 0 bridgehead atoms. The number of aromatic nitrogens is 3. The Bertz CT molecular complexity index is 1810. The number of aromatic hydroxyl groups is 1. The molecule has 11 heteroatoms. The van der Waals surface area contributed by atoms with E-state index in [-0.39, 0.29) is 54.3 Å². The highest BCUT2D eigenvalue weighted by Gasteiger charge is 2.25. The Balaban J connectivity index is 2.07. The average molecular weight is 560 g/mol. The Labute approximate surface area is 225 Å². The van der Waals surface area contributed by atoms with Crippen molar-refractivity contribution in [2.24, 2.45) is 0 Å². The summed E-state index contributed by atoms with van der Waals surface area (Å²) < 4.78 is 9.24. The molecule has 0 aliphatic heterocycles. The highest BCUT2D eigenvalue weighted by molar-refractivity contribution is 6.45. The molecule has 0 fully saturated rings. The number of carbonyl (C=O) groups excluding carboxylic acids is 1. The summed E-state index contributed by atoms with van der Waals surface area (Å²) in [6.07, 6.45) is 0. The number of para-hydroxylation sites is 2. The lowest BCUT2D eigenvalue weighted by Crippen LogP contribution is -2.19. The monoisotopic (exact) mass is 558 g/mol. The van der Waals surface area contributed by atoms with Crippen molar-refractivity contribution in [1.29, 1.82) is 0 Å². The summed E-state index contributed by atoms with van der Waals surface area (Å²) in [6.45, 7) is 0.865. The normalized spacial score (nSPS) is 11.6. The van der Waals surface area contributed by atoms with Gasteiger partial charge in [0.05, 0.1) is 33.7 Å². The third-order valence-corrected chi connectivity index (χ3v) is 6.99. The van der Waals surface area contributed by atoms with Crippen LogP contribution in [0.15, 0.2) is 63.9 Å². The van der Waals surface area contributed by atoms with Gasteiger partial charge in [0.1, 0.15) is 21.4 Å². The van der Waals surface area contributed by atoms with Gasteiger partial charge in [-0.05, 0) is 44.4 Å². The summed E-state index contributed by atoms with van der Waals surface area (Å²) in [5.74, 6) is -0.743. The largest absolute Gasteiger partial charge is 0.507 e. The van der Waals surface area contributed by atoms with E-state index in [2.05, 4.69) is 4.98 Å². The standard InChI is InChI=1S/C26H21Cl3N4O4/c1-31(2)11-12-32-26-16(27)13-17(23(35)14-7-3-5-9-18(14)34)33(26)22-20(28)25(29)30-21(22)24(36)15-8-4-6-10-19(15)37-32/h3-10,13,30,34H,11-12H2,1-2H3. The predicted octanol–water partition coefficient (Wildman–Crippen LogP) is 5.91. The van der Waals surface area contributed by atoms with Gasteiger partial charge in [-0.1, -0.05) is 59.1 Å². The molecule has 0 unspecified atom stereocenters. The van der Waals surface area contributed by atoms with Crippen LogP contribution in [-0.4, -0.2) is 50.6 Å². The zero-order valence-electron chi connectivity index (χ0n) is 19.8. The van der Waals surface area contributed by atoms with Crippen LogP contribution in [-0.2, 0) is 6.54 Å². The number of hydrogen-bond donors (Lipinski definition) is 2. The fourth-order valence-corrected chi connectivity index (χ4v) is 4.87. The Kier molecular flexibility index (Phi) is 6.68. The number of phenolic OH excluding ortho intramolecular Hbond substituents is 1. The smallest absolute Gasteiger partial charge is 0.215 e. The molecule has 3 aromatic heterocycles. The summed E-state index contributed by atoms with van der Waals surface area (Å²) in [5.41, 5.74) is 0.425. The van der Waals surface area contributed by atoms with Crippen molar-refractivity contribution in [3.63, 3.8) is 0 Å². The molecule has 0 saturated heterocycles. The van der Waals surface area contributed by atoms with E-state index in [0.717, 1.165) is 0 Å². The Hall–Kier alpha value is -3.43. The molecular weight excluding hydrogens is 539 g/mol. The van der Waals surface area contributed by atoms with Gasteiger partial charge >= 0.3 is 0 Å². The van der Waals surface area contributed by atoms with Gasteiger partial charge in [0, 0.05) is 6.54 Å². The van der Waals surface area contributed by atoms with Crippen LogP contribution in [0, 0.1) is 0 Å². The summed E-state index contributed by atoms with van der Waals surface area (Å²) in [7, 11) is 3.81. The lowest BCUT2D eigenvalue weighted by molar-refractivity contribution is 0.103. The number of halogens is 3. The molecule has 8 nitrogen and oxygen atoms in total. The van der Waals surface area contributed by atoms with Gasteiger partial charge in [-0.3, -0.25) is 14.0 Å². The maximum Gasteiger partial charge on any atom is 0.215 e. The number of hydrogen-bond acceptors (Lipinski definition) is 5. The summed E-state index contributed by atoms with van der Waals surface area (Å²) >= 11 is 19.8. The summed E-state index contributed by atoms with van der Waals surface area (Å²) in [6, 6.07) is 14.4. The van der Waals surface area contributed by atoms with Gasteiger partial charge in [-0.15, -0.1) is 0 Å². The molecule has 0 aliphatic rings. The van der Waals surface area contributed by atoms with E-state index in [1.807, 2.05) is 19.0 Å². The average Bonchev–Trinajstić information content (AvgIpc) is 3.37. The molecule has 37 heavy (non-hydrogen) atoms. The van der Waals surface area contributed by atoms with Gasteiger partial charge in [-0.25, -0.2) is 0 Å². The topological polar surface area (TPSA) is 95.9 Å². The number of ketones is 1. The van der Waals surface area contributed by atoms with E-state index in [9.17, 15) is 14.7 Å². The number of fused-ring (bicyclic) bond motifs is 4. The minimum atomic E-state index is -0.539. The van der Waals surface area contributed by atoms with Crippen molar-refractivity contribution in [3.05, 3.63) is 91.3 Å². The summed E-state index contributed by atoms with van der Waals surface area (Å²) in [4.78, 5) is 32.3. The SMILES string of the molecule is CN(C)CCn1oc2ccccc2c(=O)c2[nH]c(Cl)c(Cl)c2n2c(C(=O)c3ccccc3O)cc(Cl)c12. The highest BCUT2D eigenvalue weighted by atomic mass is 35.5. The molecule has 5 rings (SSSR count). The molecule has 0 spiro atoms. The van der Waals surface area contributed by atoms with Crippen LogP contribution in [0.3, 0.4) is 0 Å². The highest BCUT2D eigenvalue weighted by Crippen LogP contribution is 2.34. The van der Waals surface area contributed by atoms with E-state index in [1.165, 1.54) is 27.3 Å². The molecule has 3 heterocycles. The maximum absolute atomic E-state index is 13.8. The second-order valence-corrected chi connectivity index (χ2v) is 9.84. The maximum atomic E-state index is 13.8. The third kappa shape index (κ3) is 4.36. The first-order valence-corrected chi connectivity index (χ1v) is 12.4. The Morgan fingerprint density at radius 2 is 1.78 bits per heavy atom. The van der Waals surface area contributed by atoms with Gasteiger partial charge < -0.3 is 19.5 Å². The first-order chi connectivity index (χ1) is 17.7. The molecule has 2 N–H and O–H groups in total. The lowest BCUT2D eigenvalue weighted by atomic mass is 10.1. The van der Waals surface area contributed by atoms with Crippen LogP contribution in [0.5, 0.6) is 5.75 Å². The van der Waals surface area contributed by atoms with Crippen LogP contribution in [0.25, 0.3) is 27.6 Å². The van der Waals surface area contributed by atoms with Crippen molar-refractivity contribution in [2.45, 2.75) is 6.54 Å². The van der Waals surface area contributed by atoms with Gasteiger partial charge in [0.15, 0.2) is 11.2 Å². The van der Waals surface area contributed by atoms with E-state index in [1.54, 1.807) is 36.4 Å². The molecular formula is C26H21Cl3N4O4. The number of phenols is 1. The Morgan fingerprint density at radius 3 is 2.51 bits per heavy atom. The predicted molar refractivity (Wildman–Crippen MR) is 146 cm³/mol. The van der Waals surface area contributed by atoms with Crippen LogP contribution in [0.1, 0.15) is 16.1 Å². The second-order valence-electron chi connectivity index (χ2n) is 8.68. The number of likely N-dealkylation sites (N-methyl/N-ethyl adjacent to an activating group) is 1. The van der Waals surface area contributed by atoms with Crippen molar-refractivity contribution in [1.82, 2.24) is 19.0 Å². The van der Waals surface area contributed by atoms with Crippen LogP contribution >= 0.6 is 34.8 Å². The van der Waals surface area contributed by atoms with E-state index in [0.29, 0.717) is 18.7 Å². The van der Waals surface area contributed by atoms with Crippen molar-refractivity contribution < 1.29 is 14.4 Å². The van der Waals surface area contributed by atoms with Crippen LogP contribution in [0.4, 0.5) is 0 Å². The van der Waals surface area contributed by atoms with Gasteiger partial charge in [0.2, 0.25) is 11.2 Å². The van der Waals surface area contributed by atoms with Gasteiger partial charge in [-0.2, -0.15) is 4.74 Å². The van der Waals surface area contributed by atoms with Crippen LogP contribution < -0.4 is 5.43 Å². The number of rotatable bonds is 5. The van der Waals surface area contributed by atoms with E-state index in [4.69, 9.17) is 39.3 Å². The number of carbonyl (C=O) groups is 1. The zero-order valence-corrected chi connectivity index (χ0v) is 22.0. The van der Waals surface area contributed by atoms with Crippen molar-refractivity contribution in [2.75, 3.05) is 20.6 Å². The Morgan fingerprint density at radius 1 is 1.08 bits per heavy atom. The molecule has 0 radical (unpaired) electrons. The first kappa shape index (κ1) is 25.2. The lowest BCUT2D eigenvalue weighted by Gasteiger charge is -2.12. The second kappa shape index (κ2) is 9.79. The molecule has 0 amide bonds. The summed E-state index contributed by atoms with van der Waals surface area (Å²) in [5, 5.41) is 10.9. The van der Waals surface area contributed by atoms with E-state index >= 15 is 0 Å². The van der Waals surface area contributed by atoms with Crippen LogP contribution in [0.2, 0.25) is 15.2 Å². The molecule has 0 aliphatic carbocycles. The minimum absolute atomic E-state index is 0.0237. The fraction of sp³-hybridized carbons (Fsp3) is 0.154. The number of H-pyrrole nitrogens is 1. The number of benzene rings is 2. The van der Waals surface area contributed by atoms with Crippen molar-refractivity contribution in [3.8, 4) is 5.75 Å².